The fourth-order valence-electron chi connectivity index (χ4n) is 1.59. The third-order valence-electron chi connectivity index (χ3n) is 2.40. The Morgan fingerprint density at radius 2 is 2.15 bits per heavy atom. The highest BCUT2D eigenvalue weighted by atomic mass is 16.1. The second kappa shape index (κ2) is 5.14. The minimum Gasteiger partial charge on any atom is -0.328 e. The van der Waals surface area contributed by atoms with E-state index in [4.69, 9.17) is 5.73 Å². The molecule has 0 aromatic rings. The van der Waals surface area contributed by atoms with Crippen molar-refractivity contribution in [3.05, 3.63) is 12.7 Å². The third kappa shape index (κ3) is 3.70. The molecule has 1 aliphatic heterocycles. The Bertz CT molecular complexity index is 183. The van der Waals surface area contributed by atoms with E-state index in [1.165, 1.54) is 0 Å². The molecule has 0 spiro atoms. The maximum Gasteiger partial charge on any atom is 0.150 e. The van der Waals surface area contributed by atoms with Crippen LogP contribution in [0.2, 0.25) is 0 Å². The minimum atomic E-state index is 0.255. The largest absolute Gasteiger partial charge is 0.328 e. The number of nitrogens with zero attached hydrogens (tertiary/aromatic N) is 1. The Morgan fingerprint density at radius 1 is 1.54 bits per heavy atom. The van der Waals surface area contributed by atoms with Crippen LogP contribution in [0.15, 0.2) is 12.7 Å². The molecule has 13 heavy (non-hydrogen) atoms. The summed E-state index contributed by atoms with van der Waals surface area (Å²) in [6, 6.07) is 0.339. The smallest absolute Gasteiger partial charge is 0.150 e. The van der Waals surface area contributed by atoms with Crippen molar-refractivity contribution in [2.75, 3.05) is 19.6 Å². The fourth-order valence-corrected chi connectivity index (χ4v) is 1.59. The fraction of sp³-hybridized carbons (Fsp3) is 0.700. The molecule has 1 saturated heterocycles. The van der Waals surface area contributed by atoms with Crippen LogP contribution >= 0.6 is 0 Å². The van der Waals surface area contributed by atoms with E-state index in [0.29, 0.717) is 19.0 Å². The van der Waals surface area contributed by atoms with Crippen LogP contribution in [-0.4, -0.2) is 36.4 Å². The number of allylic oxidation sites excluding steroid dienone is 1. The summed E-state index contributed by atoms with van der Waals surface area (Å²) in [5, 5.41) is 0. The Hall–Kier alpha value is -0.670. The van der Waals surface area contributed by atoms with Gasteiger partial charge in [-0.1, -0.05) is 6.08 Å². The zero-order chi connectivity index (χ0) is 9.68. The molecule has 0 amide bonds. The average Bonchev–Trinajstić information content (AvgIpc) is 2.09. The summed E-state index contributed by atoms with van der Waals surface area (Å²) in [7, 11) is 0. The van der Waals surface area contributed by atoms with Crippen LogP contribution in [0, 0.1) is 0 Å². The monoisotopic (exact) mass is 182 g/mol. The summed E-state index contributed by atoms with van der Waals surface area (Å²) in [6.45, 7) is 6.04. The Labute approximate surface area is 79.6 Å². The molecule has 3 heteroatoms. The maximum atomic E-state index is 11.2. The first-order valence-corrected chi connectivity index (χ1v) is 4.83. The standard InChI is InChI=1S/C10H18N2O/c1-2-3-10(13)8-12-6-4-9(11)5-7-12/h2,9H,1,3-8,11H2. The van der Waals surface area contributed by atoms with Crippen LogP contribution in [0.25, 0.3) is 0 Å². The quantitative estimate of drug-likeness (QED) is 0.646. The zero-order valence-corrected chi connectivity index (χ0v) is 8.04. The van der Waals surface area contributed by atoms with Gasteiger partial charge in [0, 0.05) is 25.6 Å². The van der Waals surface area contributed by atoms with Gasteiger partial charge >= 0.3 is 0 Å². The van der Waals surface area contributed by atoms with E-state index in [9.17, 15) is 4.79 Å². The van der Waals surface area contributed by atoms with Gasteiger partial charge < -0.3 is 5.73 Å². The van der Waals surface area contributed by atoms with Crippen molar-refractivity contribution in [1.29, 1.82) is 0 Å². The van der Waals surface area contributed by atoms with Gasteiger partial charge in [0.25, 0.3) is 0 Å². The predicted molar refractivity (Wildman–Crippen MR) is 53.5 cm³/mol. The van der Waals surface area contributed by atoms with E-state index in [1.54, 1.807) is 6.08 Å². The highest BCUT2D eigenvalue weighted by Crippen LogP contribution is 2.07. The summed E-state index contributed by atoms with van der Waals surface area (Å²) in [5.41, 5.74) is 5.76. The van der Waals surface area contributed by atoms with E-state index in [2.05, 4.69) is 11.5 Å². The molecule has 0 aromatic heterocycles. The normalized spacial score (nSPS) is 20.1. The molecule has 1 aliphatic rings. The van der Waals surface area contributed by atoms with E-state index in [-0.39, 0.29) is 5.78 Å². The lowest BCUT2D eigenvalue weighted by atomic mass is 10.1. The number of nitrogens with two attached hydrogens (primary N) is 1. The number of hydrogen-bond donors (Lipinski definition) is 1. The molecule has 1 heterocycles. The van der Waals surface area contributed by atoms with Gasteiger partial charge in [-0.25, -0.2) is 0 Å². The Balaban J connectivity index is 2.22. The van der Waals surface area contributed by atoms with Crippen LogP contribution in [-0.2, 0) is 4.79 Å². The number of likely N-dealkylation sites (tertiary alicyclic amines) is 1. The van der Waals surface area contributed by atoms with E-state index >= 15 is 0 Å². The number of Topliss-reactive ketones (excluding diaryl/α,β-unsaturated/α-hetero) is 1. The van der Waals surface area contributed by atoms with E-state index < -0.39 is 0 Å². The number of carbonyl (C=O) groups excluding carboxylic acids is 1. The van der Waals surface area contributed by atoms with Crippen molar-refractivity contribution in [3.63, 3.8) is 0 Å². The molecule has 1 rings (SSSR count). The molecular weight excluding hydrogens is 164 g/mol. The Kier molecular flexibility index (Phi) is 4.12. The number of piperidine rings is 1. The van der Waals surface area contributed by atoms with Crippen molar-refractivity contribution >= 4 is 5.78 Å². The van der Waals surface area contributed by atoms with Crippen molar-refractivity contribution in [2.24, 2.45) is 5.73 Å². The highest BCUT2D eigenvalue weighted by molar-refractivity contribution is 5.81. The first-order chi connectivity index (χ1) is 6.22. The molecule has 0 bridgehead atoms. The lowest BCUT2D eigenvalue weighted by Gasteiger charge is -2.29. The second-order valence-corrected chi connectivity index (χ2v) is 3.65. The van der Waals surface area contributed by atoms with Crippen LogP contribution in [0.5, 0.6) is 0 Å². The molecule has 0 atom stereocenters. The van der Waals surface area contributed by atoms with Gasteiger partial charge in [-0.2, -0.15) is 0 Å². The SMILES string of the molecule is C=CCC(=O)CN1CCC(N)CC1. The van der Waals surface area contributed by atoms with Gasteiger partial charge in [0.05, 0.1) is 6.54 Å². The van der Waals surface area contributed by atoms with Gasteiger partial charge in [0.2, 0.25) is 0 Å². The first-order valence-electron chi connectivity index (χ1n) is 4.83. The zero-order valence-electron chi connectivity index (χ0n) is 8.04. The number of hydrogen-bond acceptors (Lipinski definition) is 3. The van der Waals surface area contributed by atoms with Gasteiger partial charge in [0.15, 0.2) is 5.78 Å². The van der Waals surface area contributed by atoms with Crippen LogP contribution in [0.4, 0.5) is 0 Å². The van der Waals surface area contributed by atoms with Crippen molar-refractivity contribution in [2.45, 2.75) is 25.3 Å². The van der Waals surface area contributed by atoms with Gasteiger partial charge in [-0.05, 0) is 12.8 Å². The molecule has 74 valence electrons. The van der Waals surface area contributed by atoms with Gasteiger partial charge in [-0.15, -0.1) is 6.58 Å². The predicted octanol–water partition coefficient (Wildman–Crippen LogP) is 0.555. The molecule has 1 fully saturated rings. The summed E-state index contributed by atoms with van der Waals surface area (Å²) in [4.78, 5) is 13.4. The summed E-state index contributed by atoms with van der Waals surface area (Å²) < 4.78 is 0. The molecule has 0 unspecified atom stereocenters. The maximum absolute atomic E-state index is 11.2. The average molecular weight is 182 g/mol. The summed E-state index contributed by atoms with van der Waals surface area (Å²) in [5.74, 6) is 0.255. The van der Waals surface area contributed by atoms with Gasteiger partial charge in [-0.3, -0.25) is 9.69 Å². The minimum absolute atomic E-state index is 0.255. The number of rotatable bonds is 4. The van der Waals surface area contributed by atoms with Crippen molar-refractivity contribution < 1.29 is 4.79 Å². The van der Waals surface area contributed by atoms with Crippen LogP contribution in [0.3, 0.4) is 0 Å². The third-order valence-corrected chi connectivity index (χ3v) is 2.40. The number of carbonyl (C=O) groups is 1. The molecule has 0 aliphatic carbocycles. The molecule has 0 aromatic carbocycles. The van der Waals surface area contributed by atoms with Crippen LogP contribution < -0.4 is 5.73 Å². The topological polar surface area (TPSA) is 46.3 Å². The second-order valence-electron chi connectivity index (χ2n) is 3.65. The molecule has 0 radical (unpaired) electrons. The number of ketones is 1. The van der Waals surface area contributed by atoms with Crippen molar-refractivity contribution in [1.82, 2.24) is 4.90 Å². The Morgan fingerprint density at radius 3 is 2.69 bits per heavy atom. The van der Waals surface area contributed by atoms with Crippen LogP contribution in [0.1, 0.15) is 19.3 Å². The van der Waals surface area contributed by atoms with E-state index in [1.807, 2.05) is 0 Å². The first kappa shape index (κ1) is 10.4. The highest BCUT2D eigenvalue weighted by Gasteiger charge is 2.17. The summed E-state index contributed by atoms with van der Waals surface area (Å²) >= 11 is 0. The molecule has 0 saturated carbocycles. The molecule has 2 N–H and O–H groups in total. The van der Waals surface area contributed by atoms with Crippen molar-refractivity contribution in [3.8, 4) is 0 Å². The molecular formula is C10H18N2O. The molecule has 3 nitrogen and oxygen atoms in total. The lowest BCUT2D eigenvalue weighted by Crippen LogP contribution is -2.41. The van der Waals surface area contributed by atoms with Gasteiger partial charge in [0.1, 0.15) is 0 Å². The summed E-state index contributed by atoms with van der Waals surface area (Å²) in [6.07, 6.45) is 4.18. The van der Waals surface area contributed by atoms with E-state index in [0.717, 1.165) is 25.9 Å². The lowest BCUT2D eigenvalue weighted by molar-refractivity contribution is -0.119.